The van der Waals surface area contributed by atoms with Crippen LogP contribution in [0.2, 0.25) is 0 Å². The van der Waals surface area contributed by atoms with Gasteiger partial charge in [0.2, 0.25) is 6.29 Å². The Labute approximate surface area is 90.4 Å². The van der Waals surface area contributed by atoms with Crippen molar-refractivity contribution in [3.8, 4) is 0 Å². The molecule has 0 bridgehead atoms. The van der Waals surface area contributed by atoms with Gasteiger partial charge in [-0.2, -0.15) is 0 Å². The molecule has 0 saturated heterocycles. The van der Waals surface area contributed by atoms with E-state index in [-0.39, 0.29) is 12.3 Å². The molecule has 15 heavy (non-hydrogen) atoms. The van der Waals surface area contributed by atoms with Crippen LogP contribution in [0.15, 0.2) is 11.8 Å². The molecule has 84 valence electrons. The molecular weight excluding hydrogens is 192 g/mol. The molecular formula is C12H18O3. The summed E-state index contributed by atoms with van der Waals surface area (Å²) in [7, 11) is 0. The molecule has 2 aliphatic rings. The normalized spacial score (nSPS) is 39.0. The summed E-state index contributed by atoms with van der Waals surface area (Å²) >= 11 is 0. The molecule has 1 saturated carbocycles. The van der Waals surface area contributed by atoms with Gasteiger partial charge < -0.3 is 9.47 Å². The lowest BCUT2D eigenvalue weighted by atomic mass is 9.84. The molecule has 1 fully saturated rings. The zero-order valence-corrected chi connectivity index (χ0v) is 9.53. The summed E-state index contributed by atoms with van der Waals surface area (Å²) in [5.74, 6) is 1.20. The van der Waals surface area contributed by atoms with Gasteiger partial charge >= 0.3 is 5.97 Å². The maximum absolute atomic E-state index is 11.0. The van der Waals surface area contributed by atoms with E-state index in [1.165, 1.54) is 25.3 Å². The van der Waals surface area contributed by atoms with Crippen molar-refractivity contribution in [3.05, 3.63) is 11.8 Å². The van der Waals surface area contributed by atoms with E-state index in [0.717, 1.165) is 0 Å². The number of carbonyl (C=O) groups excluding carboxylic acids is 1. The third kappa shape index (κ3) is 1.87. The minimum atomic E-state index is -0.367. The zero-order chi connectivity index (χ0) is 11.0. The maximum Gasteiger partial charge on any atom is 0.305 e. The molecule has 4 atom stereocenters. The Hall–Kier alpha value is -0.990. The number of rotatable bonds is 1. The molecule has 2 rings (SSSR count). The van der Waals surface area contributed by atoms with Crippen LogP contribution in [0, 0.1) is 17.8 Å². The van der Waals surface area contributed by atoms with Crippen LogP contribution in [-0.2, 0) is 14.3 Å². The summed E-state index contributed by atoms with van der Waals surface area (Å²) in [6.45, 7) is 5.74. The van der Waals surface area contributed by atoms with Crippen molar-refractivity contribution in [2.24, 2.45) is 17.8 Å². The van der Waals surface area contributed by atoms with Crippen LogP contribution in [-0.4, -0.2) is 12.3 Å². The molecule has 0 aromatic carbocycles. The van der Waals surface area contributed by atoms with E-state index in [1.807, 2.05) is 0 Å². The standard InChI is InChI=1S/C12H18O3/c1-7-4-5-10-8(2)6-14-12(11(7)10)15-9(3)13/h6-7,10-12H,4-5H2,1-3H3/t7-,10-,11-,12+/m0/s1. The Kier molecular flexibility index (Phi) is 2.72. The molecule has 0 amide bonds. The van der Waals surface area contributed by atoms with Gasteiger partial charge in [-0.15, -0.1) is 0 Å². The molecule has 1 aliphatic heterocycles. The highest BCUT2D eigenvalue weighted by molar-refractivity contribution is 5.66. The highest BCUT2D eigenvalue weighted by Gasteiger charge is 2.44. The van der Waals surface area contributed by atoms with Gasteiger partial charge in [0.05, 0.1) is 6.26 Å². The van der Waals surface area contributed by atoms with Gasteiger partial charge in [0.15, 0.2) is 0 Å². The molecule has 3 heteroatoms. The minimum Gasteiger partial charge on any atom is -0.462 e. The van der Waals surface area contributed by atoms with E-state index in [1.54, 1.807) is 6.26 Å². The molecule has 0 N–H and O–H groups in total. The van der Waals surface area contributed by atoms with Crippen LogP contribution in [0.4, 0.5) is 0 Å². The molecule has 0 spiro atoms. The number of allylic oxidation sites excluding steroid dienone is 1. The lowest BCUT2D eigenvalue weighted by Crippen LogP contribution is -2.36. The Morgan fingerprint density at radius 2 is 2.27 bits per heavy atom. The summed E-state index contributed by atoms with van der Waals surface area (Å²) in [4.78, 5) is 11.0. The van der Waals surface area contributed by atoms with Gasteiger partial charge in [0.1, 0.15) is 0 Å². The Bertz CT molecular complexity index is 295. The summed E-state index contributed by atoms with van der Waals surface area (Å²) in [6.07, 6.45) is 3.78. The van der Waals surface area contributed by atoms with Crippen LogP contribution < -0.4 is 0 Å². The SMILES string of the molecule is CC(=O)O[C@H]1OC=C(C)[C@@H]2CC[C@H](C)[C@H]12. The number of carbonyl (C=O) groups is 1. The lowest BCUT2D eigenvalue weighted by molar-refractivity contribution is -0.184. The van der Waals surface area contributed by atoms with E-state index >= 15 is 0 Å². The van der Waals surface area contributed by atoms with Crippen molar-refractivity contribution in [3.63, 3.8) is 0 Å². The Morgan fingerprint density at radius 3 is 2.93 bits per heavy atom. The first-order chi connectivity index (χ1) is 7.09. The number of hydrogen-bond donors (Lipinski definition) is 0. The minimum absolute atomic E-state index is 0.259. The monoisotopic (exact) mass is 210 g/mol. The average molecular weight is 210 g/mol. The van der Waals surface area contributed by atoms with Crippen molar-refractivity contribution >= 4 is 5.97 Å². The van der Waals surface area contributed by atoms with Crippen molar-refractivity contribution in [2.75, 3.05) is 0 Å². The first-order valence-electron chi connectivity index (χ1n) is 5.59. The molecule has 0 aromatic rings. The van der Waals surface area contributed by atoms with Gasteiger partial charge in [-0.1, -0.05) is 6.92 Å². The predicted molar refractivity (Wildman–Crippen MR) is 55.8 cm³/mol. The fourth-order valence-corrected chi connectivity index (χ4v) is 2.84. The second-order valence-electron chi connectivity index (χ2n) is 4.71. The summed E-state index contributed by atoms with van der Waals surface area (Å²) in [6, 6.07) is 0. The van der Waals surface area contributed by atoms with E-state index in [4.69, 9.17) is 9.47 Å². The van der Waals surface area contributed by atoms with Crippen LogP contribution >= 0.6 is 0 Å². The van der Waals surface area contributed by atoms with Crippen LogP contribution in [0.1, 0.15) is 33.6 Å². The highest BCUT2D eigenvalue weighted by atomic mass is 16.7. The number of fused-ring (bicyclic) bond motifs is 1. The van der Waals surface area contributed by atoms with E-state index in [2.05, 4.69) is 13.8 Å². The van der Waals surface area contributed by atoms with Gasteiger partial charge in [-0.3, -0.25) is 4.79 Å². The highest BCUT2D eigenvalue weighted by Crippen LogP contribution is 2.46. The predicted octanol–water partition coefficient (Wildman–Crippen LogP) is 2.47. The lowest BCUT2D eigenvalue weighted by Gasteiger charge is -2.34. The number of ether oxygens (including phenoxy) is 2. The smallest absolute Gasteiger partial charge is 0.305 e. The van der Waals surface area contributed by atoms with Gasteiger partial charge in [0.25, 0.3) is 0 Å². The molecule has 0 aromatic heterocycles. The maximum atomic E-state index is 11.0. The summed E-state index contributed by atoms with van der Waals surface area (Å²) in [5, 5.41) is 0. The van der Waals surface area contributed by atoms with E-state index < -0.39 is 0 Å². The first-order valence-corrected chi connectivity index (χ1v) is 5.59. The van der Waals surface area contributed by atoms with Gasteiger partial charge in [0, 0.05) is 12.8 Å². The zero-order valence-electron chi connectivity index (χ0n) is 9.53. The summed E-state index contributed by atoms with van der Waals surface area (Å²) in [5.41, 5.74) is 1.28. The molecule has 1 aliphatic carbocycles. The van der Waals surface area contributed by atoms with Gasteiger partial charge in [-0.05, 0) is 37.2 Å². The molecule has 3 nitrogen and oxygen atoms in total. The first kappa shape index (κ1) is 10.5. The average Bonchev–Trinajstić information content (AvgIpc) is 2.54. The largest absolute Gasteiger partial charge is 0.462 e. The number of hydrogen-bond acceptors (Lipinski definition) is 3. The summed E-state index contributed by atoms with van der Waals surface area (Å²) < 4.78 is 10.7. The van der Waals surface area contributed by atoms with Crippen LogP contribution in [0.5, 0.6) is 0 Å². The second kappa shape index (κ2) is 3.87. The Morgan fingerprint density at radius 1 is 1.53 bits per heavy atom. The van der Waals surface area contributed by atoms with Crippen LogP contribution in [0.3, 0.4) is 0 Å². The molecule has 0 radical (unpaired) electrons. The molecule has 1 heterocycles. The van der Waals surface area contributed by atoms with Gasteiger partial charge in [-0.25, -0.2) is 0 Å². The van der Waals surface area contributed by atoms with Crippen molar-refractivity contribution in [1.29, 1.82) is 0 Å². The van der Waals surface area contributed by atoms with Crippen molar-refractivity contribution in [1.82, 2.24) is 0 Å². The second-order valence-corrected chi connectivity index (χ2v) is 4.71. The van der Waals surface area contributed by atoms with Crippen molar-refractivity contribution < 1.29 is 14.3 Å². The Balaban J connectivity index is 2.16. The van der Waals surface area contributed by atoms with Crippen molar-refractivity contribution in [2.45, 2.75) is 39.9 Å². The third-order valence-corrected chi connectivity index (χ3v) is 3.62. The van der Waals surface area contributed by atoms with E-state index in [9.17, 15) is 4.79 Å². The fourth-order valence-electron chi connectivity index (χ4n) is 2.84. The quantitative estimate of drug-likeness (QED) is 0.624. The third-order valence-electron chi connectivity index (χ3n) is 3.62. The molecule has 0 unspecified atom stereocenters. The van der Waals surface area contributed by atoms with Crippen LogP contribution in [0.25, 0.3) is 0 Å². The number of esters is 1. The fraction of sp³-hybridized carbons (Fsp3) is 0.750. The van der Waals surface area contributed by atoms with E-state index in [0.29, 0.717) is 17.8 Å². The topological polar surface area (TPSA) is 35.5 Å².